The summed E-state index contributed by atoms with van der Waals surface area (Å²) in [5.74, 6) is -1.90. The zero-order valence-corrected chi connectivity index (χ0v) is 11.2. The number of hydrogen-bond acceptors (Lipinski definition) is 3. The predicted octanol–water partition coefficient (Wildman–Crippen LogP) is 4.01. The van der Waals surface area contributed by atoms with Gasteiger partial charge in [0.05, 0.1) is 0 Å². The Morgan fingerprint density at radius 1 is 1.14 bits per heavy atom. The molecule has 0 aliphatic rings. The Morgan fingerprint density at radius 3 is 2.23 bits per heavy atom. The first-order valence-corrected chi connectivity index (χ1v) is 6.23. The number of hydrogen-bond donors (Lipinski definition) is 0. The highest BCUT2D eigenvalue weighted by Gasteiger charge is 2.13. The second kappa shape index (κ2) is 6.80. The fourth-order valence-corrected chi connectivity index (χ4v) is 1.79. The molecule has 7 heteroatoms. The number of benzene rings is 1. The molecule has 0 fully saturated rings. The van der Waals surface area contributed by atoms with Crippen LogP contribution >= 0.6 is 0 Å². The fourth-order valence-electron chi connectivity index (χ4n) is 1.79. The van der Waals surface area contributed by atoms with E-state index in [1.807, 2.05) is 0 Å². The summed E-state index contributed by atoms with van der Waals surface area (Å²) in [4.78, 5) is 7.90. The van der Waals surface area contributed by atoms with E-state index in [9.17, 15) is 17.6 Å². The van der Waals surface area contributed by atoms with Crippen LogP contribution < -0.4 is 0 Å². The zero-order chi connectivity index (χ0) is 16.1. The van der Waals surface area contributed by atoms with E-state index in [4.69, 9.17) is 5.26 Å². The van der Waals surface area contributed by atoms with Gasteiger partial charge in [-0.25, -0.2) is 18.7 Å². The molecule has 0 N–H and O–H groups in total. The number of allylic oxidation sites excluding steroid dienone is 1. The topological polar surface area (TPSA) is 49.6 Å². The predicted molar refractivity (Wildman–Crippen MR) is 70.7 cm³/mol. The Morgan fingerprint density at radius 2 is 1.73 bits per heavy atom. The minimum Gasteiger partial charge on any atom is -0.236 e. The van der Waals surface area contributed by atoms with Gasteiger partial charge in [-0.05, 0) is 36.6 Å². The third kappa shape index (κ3) is 3.67. The van der Waals surface area contributed by atoms with Crippen LogP contribution in [0.15, 0.2) is 36.7 Å². The van der Waals surface area contributed by atoms with Crippen molar-refractivity contribution in [2.24, 2.45) is 0 Å². The van der Waals surface area contributed by atoms with Gasteiger partial charge < -0.3 is 0 Å². The molecule has 1 heterocycles. The van der Waals surface area contributed by atoms with E-state index in [1.54, 1.807) is 0 Å². The van der Waals surface area contributed by atoms with Crippen LogP contribution in [0.25, 0.3) is 11.4 Å². The largest absolute Gasteiger partial charge is 0.266 e. The Labute approximate surface area is 123 Å². The monoisotopic (exact) mass is 307 g/mol. The molecule has 0 radical (unpaired) electrons. The number of nitrogens with zero attached hydrogens (tertiary/aromatic N) is 3. The van der Waals surface area contributed by atoms with Crippen molar-refractivity contribution in [3.05, 3.63) is 59.4 Å². The third-order valence-corrected chi connectivity index (χ3v) is 2.85. The SMILES string of the molecule is N#Cc1c(F)cc(-c2ncc(CCC=C(F)F)cn2)cc1F. The summed E-state index contributed by atoms with van der Waals surface area (Å²) in [5.41, 5.74) is 0.0477. The third-order valence-electron chi connectivity index (χ3n) is 2.85. The highest BCUT2D eigenvalue weighted by atomic mass is 19.3. The highest BCUT2D eigenvalue weighted by molar-refractivity contribution is 5.57. The molecule has 0 atom stereocenters. The van der Waals surface area contributed by atoms with Gasteiger partial charge in [0, 0.05) is 18.0 Å². The van der Waals surface area contributed by atoms with Crippen LogP contribution in [-0.4, -0.2) is 9.97 Å². The molecule has 22 heavy (non-hydrogen) atoms. The quantitative estimate of drug-likeness (QED) is 0.802. The average Bonchev–Trinajstić information content (AvgIpc) is 2.47. The first kappa shape index (κ1) is 15.6. The molecule has 0 spiro atoms. The molecule has 0 amide bonds. The Bertz CT molecular complexity index is 721. The van der Waals surface area contributed by atoms with Gasteiger partial charge in [0.2, 0.25) is 0 Å². The van der Waals surface area contributed by atoms with E-state index in [1.165, 1.54) is 18.5 Å². The Kier molecular flexibility index (Phi) is 4.84. The molecule has 1 aromatic carbocycles. The van der Waals surface area contributed by atoms with Crippen molar-refractivity contribution in [3.8, 4) is 17.5 Å². The zero-order valence-electron chi connectivity index (χ0n) is 11.2. The maximum absolute atomic E-state index is 13.5. The van der Waals surface area contributed by atoms with Crippen LogP contribution in [0.1, 0.15) is 17.5 Å². The fraction of sp³-hybridized carbons (Fsp3) is 0.133. The van der Waals surface area contributed by atoms with E-state index in [2.05, 4.69) is 9.97 Å². The molecule has 1 aromatic heterocycles. The van der Waals surface area contributed by atoms with Crippen LogP contribution in [0.2, 0.25) is 0 Å². The van der Waals surface area contributed by atoms with Crippen LogP contribution in [0.4, 0.5) is 17.6 Å². The molecule has 0 bridgehead atoms. The van der Waals surface area contributed by atoms with Crippen molar-refractivity contribution in [2.45, 2.75) is 12.8 Å². The maximum Gasteiger partial charge on any atom is 0.266 e. The molecule has 0 saturated heterocycles. The van der Waals surface area contributed by atoms with E-state index < -0.39 is 23.3 Å². The lowest BCUT2D eigenvalue weighted by molar-refractivity contribution is 0.417. The van der Waals surface area contributed by atoms with Gasteiger partial charge in [-0.1, -0.05) is 0 Å². The van der Waals surface area contributed by atoms with Gasteiger partial charge in [0.15, 0.2) is 5.82 Å². The lowest BCUT2D eigenvalue weighted by atomic mass is 10.1. The lowest BCUT2D eigenvalue weighted by Crippen LogP contribution is -1.96. The van der Waals surface area contributed by atoms with E-state index in [0.29, 0.717) is 12.0 Å². The van der Waals surface area contributed by atoms with Crippen molar-refractivity contribution in [1.82, 2.24) is 9.97 Å². The normalized spacial score (nSPS) is 10.1. The number of aromatic nitrogens is 2. The van der Waals surface area contributed by atoms with Crippen LogP contribution in [0.3, 0.4) is 0 Å². The molecule has 112 valence electrons. The van der Waals surface area contributed by atoms with Gasteiger partial charge in [-0.15, -0.1) is 0 Å². The van der Waals surface area contributed by atoms with Crippen molar-refractivity contribution in [3.63, 3.8) is 0 Å². The van der Waals surface area contributed by atoms with Gasteiger partial charge in [-0.3, -0.25) is 0 Å². The van der Waals surface area contributed by atoms with Gasteiger partial charge in [0.1, 0.15) is 23.3 Å². The number of halogens is 4. The van der Waals surface area contributed by atoms with Crippen LogP contribution in [-0.2, 0) is 6.42 Å². The molecule has 0 unspecified atom stereocenters. The smallest absolute Gasteiger partial charge is 0.236 e. The van der Waals surface area contributed by atoms with E-state index >= 15 is 0 Å². The summed E-state index contributed by atoms with van der Waals surface area (Å²) in [6, 6.07) is 3.37. The summed E-state index contributed by atoms with van der Waals surface area (Å²) in [6.45, 7) is 0. The number of aryl methyl sites for hydroxylation is 1. The molecular weight excluding hydrogens is 298 g/mol. The van der Waals surface area contributed by atoms with Gasteiger partial charge in [-0.2, -0.15) is 14.0 Å². The Hall–Kier alpha value is -2.75. The highest BCUT2D eigenvalue weighted by Crippen LogP contribution is 2.21. The Balaban J connectivity index is 2.21. The number of rotatable bonds is 4. The van der Waals surface area contributed by atoms with Crippen molar-refractivity contribution < 1.29 is 17.6 Å². The van der Waals surface area contributed by atoms with Crippen molar-refractivity contribution >= 4 is 0 Å². The van der Waals surface area contributed by atoms with E-state index in [0.717, 1.165) is 18.2 Å². The molecule has 3 nitrogen and oxygen atoms in total. The first-order valence-electron chi connectivity index (χ1n) is 6.23. The summed E-state index contributed by atoms with van der Waals surface area (Å²) < 4.78 is 50.8. The lowest BCUT2D eigenvalue weighted by Gasteiger charge is -2.04. The minimum absolute atomic E-state index is 0.0817. The molecule has 0 aliphatic heterocycles. The van der Waals surface area contributed by atoms with Crippen molar-refractivity contribution in [2.75, 3.05) is 0 Å². The maximum atomic E-state index is 13.5. The van der Waals surface area contributed by atoms with E-state index in [-0.39, 0.29) is 17.8 Å². The molecule has 2 rings (SSSR count). The second-order valence-corrected chi connectivity index (χ2v) is 4.37. The average molecular weight is 307 g/mol. The first-order chi connectivity index (χ1) is 10.5. The van der Waals surface area contributed by atoms with Crippen molar-refractivity contribution in [1.29, 1.82) is 5.26 Å². The standard InChI is InChI=1S/C15H9F4N3/c16-12-4-10(5-13(17)11(12)6-20)15-21-7-9(8-22-15)2-1-3-14(18)19/h3-5,7-8H,1-2H2. The van der Waals surface area contributed by atoms with Gasteiger partial charge in [0.25, 0.3) is 6.08 Å². The van der Waals surface area contributed by atoms with Crippen LogP contribution in [0.5, 0.6) is 0 Å². The molecular formula is C15H9F4N3. The number of nitriles is 1. The summed E-state index contributed by atoms with van der Waals surface area (Å²) in [5, 5.41) is 8.60. The minimum atomic E-state index is -1.75. The summed E-state index contributed by atoms with van der Waals surface area (Å²) >= 11 is 0. The molecule has 2 aromatic rings. The second-order valence-electron chi connectivity index (χ2n) is 4.37. The molecule has 0 saturated carbocycles. The summed E-state index contributed by atoms with van der Waals surface area (Å²) in [7, 11) is 0. The summed E-state index contributed by atoms with van der Waals surface area (Å²) in [6.07, 6.45) is 2.32. The van der Waals surface area contributed by atoms with Crippen LogP contribution in [0, 0.1) is 23.0 Å². The van der Waals surface area contributed by atoms with Gasteiger partial charge >= 0.3 is 0 Å². The molecule has 0 aliphatic carbocycles.